The van der Waals surface area contributed by atoms with Crippen LogP contribution in [-0.4, -0.2) is 39.5 Å². The van der Waals surface area contributed by atoms with E-state index < -0.39 is 10.0 Å². The first kappa shape index (κ1) is 16.6. The van der Waals surface area contributed by atoms with Gasteiger partial charge in [-0.25, -0.2) is 13.1 Å². The quantitative estimate of drug-likeness (QED) is 0.770. The van der Waals surface area contributed by atoms with Crippen LogP contribution in [0.2, 0.25) is 0 Å². The summed E-state index contributed by atoms with van der Waals surface area (Å²) in [6.45, 7) is 5.56. The smallest absolute Gasteiger partial charge is 0.240 e. The van der Waals surface area contributed by atoms with Gasteiger partial charge in [-0.2, -0.15) is 0 Å². The molecule has 0 aliphatic carbocycles. The van der Waals surface area contributed by atoms with E-state index in [1.54, 1.807) is 24.3 Å². The van der Waals surface area contributed by atoms with Crippen molar-refractivity contribution in [2.75, 3.05) is 20.1 Å². The first-order valence-electron chi connectivity index (χ1n) is 6.28. The van der Waals surface area contributed by atoms with Gasteiger partial charge in [0.25, 0.3) is 0 Å². The third-order valence-electron chi connectivity index (χ3n) is 2.99. The Bertz CT molecular complexity index is 486. The van der Waals surface area contributed by atoms with Gasteiger partial charge in [0.2, 0.25) is 10.0 Å². The highest BCUT2D eigenvalue weighted by Gasteiger charge is 2.13. The van der Waals surface area contributed by atoms with Gasteiger partial charge >= 0.3 is 0 Å². The Hall–Kier alpha value is -0.430. The number of nitrogens with one attached hydrogen (secondary N) is 1. The van der Waals surface area contributed by atoms with Gasteiger partial charge in [0.1, 0.15) is 0 Å². The topological polar surface area (TPSA) is 49.4 Å². The Morgan fingerprint density at radius 3 is 2.37 bits per heavy atom. The van der Waals surface area contributed by atoms with Crippen LogP contribution in [0.15, 0.2) is 33.6 Å². The fourth-order valence-corrected chi connectivity index (χ4v) is 2.83. The highest BCUT2D eigenvalue weighted by atomic mass is 79.9. The first-order valence-corrected chi connectivity index (χ1v) is 8.56. The Kier molecular flexibility index (Phi) is 6.46. The minimum atomic E-state index is -3.38. The summed E-state index contributed by atoms with van der Waals surface area (Å²) in [4.78, 5) is 2.49. The highest BCUT2D eigenvalue weighted by Crippen LogP contribution is 2.14. The van der Waals surface area contributed by atoms with Crippen molar-refractivity contribution in [3.05, 3.63) is 28.7 Å². The summed E-state index contributed by atoms with van der Waals surface area (Å²) < 4.78 is 27.4. The molecule has 108 valence electrons. The largest absolute Gasteiger partial charge is 0.304 e. The van der Waals surface area contributed by atoms with Crippen molar-refractivity contribution in [1.29, 1.82) is 0 Å². The minimum absolute atomic E-state index is 0.299. The molecule has 1 aromatic rings. The van der Waals surface area contributed by atoms with Gasteiger partial charge in [0, 0.05) is 17.1 Å². The molecule has 0 bridgehead atoms. The van der Waals surface area contributed by atoms with E-state index in [2.05, 4.69) is 39.4 Å². The second-order valence-corrected chi connectivity index (χ2v) is 7.46. The molecule has 1 N–H and O–H groups in total. The van der Waals surface area contributed by atoms with Gasteiger partial charge in [-0.3, -0.25) is 0 Å². The van der Waals surface area contributed by atoms with Crippen molar-refractivity contribution >= 4 is 26.0 Å². The summed E-state index contributed by atoms with van der Waals surface area (Å²) >= 11 is 3.28. The third kappa shape index (κ3) is 5.60. The summed E-state index contributed by atoms with van der Waals surface area (Å²) in [5, 5.41) is 0. The maximum atomic E-state index is 12.0. The zero-order valence-corrected chi connectivity index (χ0v) is 14.0. The van der Waals surface area contributed by atoms with Gasteiger partial charge < -0.3 is 4.90 Å². The molecule has 0 aromatic heterocycles. The zero-order chi connectivity index (χ0) is 14.5. The second-order valence-electron chi connectivity index (χ2n) is 4.78. The van der Waals surface area contributed by atoms with Crippen LogP contribution in [0.5, 0.6) is 0 Å². The maximum absolute atomic E-state index is 12.0. The van der Waals surface area contributed by atoms with Gasteiger partial charge in [-0.15, -0.1) is 0 Å². The van der Waals surface area contributed by atoms with Crippen molar-refractivity contribution in [3.63, 3.8) is 0 Å². The predicted molar refractivity (Wildman–Crippen MR) is 81.7 cm³/mol. The van der Waals surface area contributed by atoms with Crippen LogP contribution >= 0.6 is 15.9 Å². The normalized spacial score (nSPS) is 12.3. The summed E-state index contributed by atoms with van der Waals surface area (Å²) in [7, 11) is -1.35. The molecule has 19 heavy (non-hydrogen) atoms. The molecule has 0 unspecified atom stereocenters. The van der Waals surface area contributed by atoms with Crippen molar-refractivity contribution in [2.45, 2.75) is 31.2 Å². The third-order valence-corrected chi connectivity index (χ3v) is 4.99. The lowest BCUT2D eigenvalue weighted by atomic mass is 10.3. The monoisotopic (exact) mass is 348 g/mol. The van der Waals surface area contributed by atoms with Crippen molar-refractivity contribution in [3.8, 4) is 0 Å². The number of hydrogen-bond donors (Lipinski definition) is 1. The number of hydrogen-bond acceptors (Lipinski definition) is 3. The fourth-order valence-electron chi connectivity index (χ4n) is 1.49. The SMILES string of the molecule is CC(C)N(C)CCCNS(=O)(=O)c1ccc(Br)cc1. The molecule has 0 aliphatic rings. The second kappa shape index (κ2) is 7.38. The van der Waals surface area contributed by atoms with Crippen LogP contribution in [0.1, 0.15) is 20.3 Å². The molecule has 0 saturated heterocycles. The molecule has 1 rings (SSSR count). The molecule has 1 aromatic carbocycles. The van der Waals surface area contributed by atoms with E-state index in [-0.39, 0.29) is 0 Å². The van der Waals surface area contributed by atoms with Crippen LogP contribution in [0.4, 0.5) is 0 Å². The lowest BCUT2D eigenvalue weighted by Gasteiger charge is -2.20. The Balaban J connectivity index is 2.46. The van der Waals surface area contributed by atoms with E-state index in [1.165, 1.54) is 0 Å². The van der Waals surface area contributed by atoms with E-state index >= 15 is 0 Å². The van der Waals surface area contributed by atoms with Gasteiger partial charge in [-0.05, 0) is 58.1 Å². The minimum Gasteiger partial charge on any atom is -0.304 e. The van der Waals surface area contributed by atoms with Crippen LogP contribution < -0.4 is 4.72 Å². The average Bonchev–Trinajstić information content (AvgIpc) is 2.34. The van der Waals surface area contributed by atoms with Crippen LogP contribution in [-0.2, 0) is 10.0 Å². The molecule has 0 radical (unpaired) electrons. The standard InChI is InChI=1S/C13H21BrN2O2S/c1-11(2)16(3)10-4-9-15-19(17,18)13-7-5-12(14)6-8-13/h5-8,11,15H,4,9-10H2,1-3H3. The molecule has 4 nitrogen and oxygen atoms in total. The molecule has 0 saturated carbocycles. The maximum Gasteiger partial charge on any atom is 0.240 e. The average molecular weight is 349 g/mol. The first-order chi connectivity index (χ1) is 8.83. The van der Waals surface area contributed by atoms with E-state index in [9.17, 15) is 8.42 Å². The number of benzene rings is 1. The molecule has 0 amide bonds. The molecule has 0 aliphatic heterocycles. The van der Waals surface area contributed by atoms with E-state index in [4.69, 9.17) is 0 Å². The predicted octanol–water partition coefficient (Wildman–Crippen LogP) is 2.46. The molecule has 6 heteroatoms. The van der Waals surface area contributed by atoms with Crippen LogP contribution in [0.3, 0.4) is 0 Å². The van der Waals surface area contributed by atoms with Crippen molar-refractivity contribution in [2.24, 2.45) is 0 Å². The van der Waals surface area contributed by atoms with E-state index in [0.29, 0.717) is 17.5 Å². The Morgan fingerprint density at radius 1 is 1.26 bits per heavy atom. The van der Waals surface area contributed by atoms with Gasteiger partial charge in [0.15, 0.2) is 0 Å². The molecule has 0 heterocycles. The van der Waals surface area contributed by atoms with Gasteiger partial charge in [-0.1, -0.05) is 15.9 Å². The zero-order valence-electron chi connectivity index (χ0n) is 11.6. The van der Waals surface area contributed by atoms with E-state index in [1.807, 2.05) is 7.05 Å². The van der Waals surface area contributed by atoms with Crippen molar-refractivity contribution in [1.82, 2.24) is 9.62 Å². The molecular formula is C13H21BrN2O2S. The van der Waals surface area contributed by atoms with Crippen molar-refractivity contribution < 1.29 is 8.42 Å². The molecular weight excluding hydrogens is 328 g/mol. The lowest BCUT2D eigenvalue weighted by molar-refractivity contribution is 0.271. The number of nitrogens with zero attached hydrogens (tertiary/aromatic N) is 1. The molecule has 0 fully saturated rings. The Morgan fingerprint density at radius 2 is 1.84 bits per heavy atom. The lowest BCUT2D eigenvalue weighted by Crippen LogP contribution is -2.31. The summed E-state index contributed by atoms with van der Waals surface area (Å²) in [5.41, 5.74) is 0. The summed E-state index contributed by atoms with van der Waals surface area (Å²) in [5.74, 6) is 0. The van der Waals surface area contributed by atoms with E-state index in [0.717, 1.165) is 17.4 Å². The summed E-state index contributed by atoms with van der Waals surface area (Å²) in [6.07, 6.45) is 0.796. The Labute approximate surface area is 124 Å². The highest BCUT2D eigenvalue weighted by molar-refractivity contribution is 9.10. The molecule has 0 atom stereocenters. The van der Waals surface area contributed by atoms with Crippen LogP contribution in [0.25, 0.3) is 0 Å². The number of sulfonamides is 1. The van der Waals surface area contributed by atoms with Gasteiger partial charge in [0.05, 0.1) is 4.90 Å². The fraction of sp³-hybridized carbons (Fsp3) is 0.538. The number of halogens is 1. The van der Waals surface area contributed by atoms with Crippen LogP contribution in [0, 0.1) is 0 Å². The molecule has 0 spiro atoms. The number of rotatable bonds is 7. The summed E-state index contributed by atoms with van der Waals surface area (Å²) in [6, 6.07) is 7.10.